The lowest BCUT2D eigenvalue weighted by Gasteiger charge is -2.31. The van der Waals surface area contributed by atoms with Gasteiger partial charge in [0, 0.05) is 24.2 Å². The molecule has 1 saturated carbocycles. The maximum Gasteiger partial charge on any atom is 0.248 e. The molecule has 15 heavy (non-hydrogen) atoms. The Kier molecular flexibility index (Phi) is 3.66. The molecule has 0 amide bonds. The number of likely N-dealkylation sites (tertiary alicyclic amines) is 1. The van der Waals surface area contributed by atoms with Gasteiger partial charge in [-0.3, -0.25) is 0 Å². The zero-order valence-corrected chi connectivity index (χ0v) is 10.5. The summed E-state index contributed by atoms with van der Waals surface area (Å²) in [5, 5.41) is 0. The van der Waals surface area contributed by atoms with Crippen LogP contribution in [0.15, 0.2) is 0 Å². The summed E-state index contributed by atoms with van der Waals surface area (Å²) in [7, 11) is 0. The second-order valence-corrected chi connectivity index (χ2v) is 6.23. The Morgan fingerprint density at radius 3 is 2.40 bits per heavy atom. The Balaban J connectivity index is 1.74. The van der Waals surface area contributed by atoms with Crippen LogP contribution in [-0.4, -0.2) is 35.3 Å². The Hall–Kier alpha value is 0.300. The van der Waals surface area contributed by atoms with E-state index < -0.39 is 5.92 Å². The average molecular weight is 282 g/mol. The molecule has 1 aliphatic carbocycles. The van der Waals surface area contributed by atoms with Crippen LogP contribution in [0.1, 0.15) is 32.1 Å². The summed E-state index contributed by atoms with van der Waals surface area (Å²) < 4.78 is 26.0. The van der Waals surface area contributed by atoms with E-state index in [0.29, 0.717) is 11.2 Å². The van der Waals surface area contributed by atoms with Gasteiger partial charge in [-0.05, 0) is 38.3 Å². The highest BCUT2D eigenvalue weighted by Crippen LogP contribution is 2.39. The predicted molar refractivity (Wildman–Crippen MR) is 60.7 cm³/mol. The first-order valence-corrected chi connectivity index (χ1v) is 6.71. The minimum Gasteiger partial charge on any atom is -0.303 e. The van der Waals surface area contributed by atoms with E-state index in [1.807, 2.05) is 0 Å². The molecular formula is C11H18BrF2N. The summed E-state index contributed by atoms with van der Waals surface area (Å²) >= 11 is 3.60. The summed E-state index contributed by atoms with van der Waals surface area (Å²) in [4.78, 5) is 2.99. The van der Waals surface area contributed by atoms with Crippen LogP contribution in [-0.2, 0) is 0 Å². The number of nitrogens with zero attached hydrogens (tertiary/aromatic N) is 1. The van der Waals surface area contributed by atoms with E-state index in [4.69, 9.17) is 0 Å². The third-order valence-electron chi connectivity index (χ3n) is 3.54. The van der Waals surface area contributed by atoms with Gasteiger partial charge >= 0.3 is 0 Å². The molecule has 2 rings (SSSR count). The fraction of sp³-hybridized carbons (Fsp3) is 1.00. The summed E-state index contributed by atoms with van der Waals surface area (Å²) in [6.07, 6.45) is 3.24. The molecule has 1 nitrogen and oxygen atoms in total. The molecule has 2 aliphatic rings. The molecule has 0 radical (unpaired) electrons. The number of hydrogen-bond donors (Lipinski definition) is 0. The number of rotatable bonds is 2. The van der Waals surface area contributed by atoms with Crippen molar-refractivity contribution >= 4 is 15.9 Å². The molecule has 88 valence electrons. The van der Waals surface area contributed by atoms with E-state index in [9.17, 15) is 8.78 Å². The molecule has 2 fully saturated rings. The molecule has 0 aromatic rings. The molecule has 0 bridgehead atoms. The quantitative estimate of drug-likeness (QED) is 0.703. The van der Waals surface area contributed by atoms with E-state index >= 15 is 0 Å². The average Bonchev–Trinajstić information content (AvgIpc) is 2.50. The van der Waals surface area contributed by atoms with Gasteiger partial charge in [0.2, 0.25) is 5.92 Å². The van der Waals surface area contributed by atoms with Crippen molar-refractivity contribution in [1.82, 2.24) is 4.90 Å². The van der Waals surface area contributed by atoms with Crippen LogP contribution in [0.3, 0.4) is 0 Å². The van der Waals surface area contributed by atoms with Gasteiger partial charge in [-0.1, -0.05) is 15.9 Å². The van der Waals surface area contributed by atoms with Gasteiger partial charge in [0.05, 0.1) is 0 Å². The van der Waals surface area contributed by atoms with Crippen LogP contribution < -0.4 is 0 Å². The third kappa shape index (κ3) is 3.38. The molecule has 1 unspecified atom stereocenters. The maximum atomic E-state index is 13.0. The molecule has 1 saturated heterocycles. The first-order chi connectivity index (χ1) is 7.05. The summed E-state index contributed by atoms with van der Waals surface area (Å²) in [6, 6.07) is 0. The topological polar surface area (TPSA) is 3.24 Å². The standard InChI is InChI=1S/C11H18BrF2N/c12-10-2-5-15(6-3-10)8-9-1-4-11(13,14)7-9/h9-10H,1-8H2. The van der Waals surface area contributed by atoms with E-state index in [0.717, 1.165) is 32.5 Å². The molecule has 4 heteroatoms. The minimum atomic E-state index is -2.38. The Morgan fingerprint density at radius 2 is 1.87 bits per heavy atom. The predicted octanol–water partition coefficient (Wildman–Crippen LogP) is 3.28. The van der Waals surface area contributed by atoms with Gasteiger partial charge in [0.1, 0.15) is 0 Å². The normalized spacial score (nSPS) is 33.4. The van der Waals surface area contributed by atoms with Crippen LogP contribution in [0.4, 0.5) is 8.78 Å². The number of hydrogen-bond acceptors (Lipinski definition) is 1. The van der Waals surface area contributed by atoms with E-state index in [-0.39, 0.29) is 18.8 Å². The summed E-state index contributed by atoms with van der Waals surface area (Å²) in [5.74, 6) is -2.15. The number of alkyl halides is 3. The van der Waals surface area contributed by atoms with Crippen LogP contribution in [0.2, 0.25) is 0 Å². The Bertz CT molecular complexity index is 215. The van der Waals surface area contributed by atoms with E-state index in [2.05, 4.69) is 20.8 Å². The molecule has 0 aromatic heterocycles. The molecule has 1 heterocycles. The first-order valence-electron chi connectivity index (χ1n) is 5.79. The van der Waals surface area contributed by atoms with Crippen molar-refractivity contribution in [2.24, 2.45) is 5.92 Å². The highest BCUT2D eigenvalue weighted by molar-refractivity contribution is 9.09. The second-order valence-electron chi connectivity index (χ2n) is 4.94. The largest absolute Gasteiger partial charge is 0.303 e. The number of halogens is 3. The fourth-order valence-electron chi connectivity index (χ4n) is 2.65. The lowest BCUT2D eigenvalue weighted by molar-refractivity contribution is 0.00319. The first kappa shape index (κ1) is 11.8. The zero-order chi connectivity index (χ0) is 10.9. The molecule has 0 aromatic carbocycles. The lowest BCUT2D eigenvalue weighted by Crippen LogP contribution is -2.37. The van der Waals surface area contributed by atoms with Gasteiger partial charge in [-0.25, -0.2) is 8.78 Å². The van der Waals surface area contributed by atoms with Crippen LogP contribution in [0.5, 0.6) is 0 Å². The highest BCUT2D eigenvalue weighted by atomic mass is 79.9. The molecule has 1 atom stereocenters. The minimum absolute atomic E-state index is 0.104. The molecule has 0 spiro atoms. The van der Waals surface area contributed by atoms with Gasteiger partial charge in [-0.15, -0.1) is 0 Å². The summed E-state index contributed by atoms with van der Waals surface area (Å²) in [6.45, 7) is 3.02. The SMILES string of the molecule is FC1(F)CCC(CN2CCC(Br)CC2)C1. The Labute approximate surface area is 98.3 Å². The van der Waals surface area contributed by atoms with Gasteiger partial charge in [0.25, 0.3) is 0 Å². The van der Waals surface area contributed by atoms with Crippen molar-refractivity contribution in [3.8, 4) is 0 Å². The fourth-order valence-corrected chi connectivity index (χ4v) is 3.06. The van der Waals surface area contributed by atoms with Crippen molar-refractivity contribution in [3.05, 3.63) is 0 Å². The Morgan fingerprint density at radius 1 is 1.20 bits per heavy atom. The van der Waals surface area contributed by atoms with Crippen molar-refractivity contribution in [2.75, 3.05) is 19.6 Å². The van der Waals surface area contributed by atoms with Gasteiger partial charge < -0.3 is 4.90 Å². The zero-order valence-electron chi connectivity index (χ0n) is 8.89. The smallest absolute Gasteiger partial charge is 0.248 e. The number of piperidine rings is 1. The van der Waals surface area contributed by atoms with Crippen LogP contribution in [0, 0.1) is 5.92 Å². The maximum absolute atomic E-state index is 13.0. The van der Waals surface area contributed by atoms with E-state index in [1.165, 1.54) is 0 Å². The van der Waals surface area contributed by atoms with Crippen molar-refractivity contribution in [3.63, 3.8) is 0 Å². The second kappa shape index (κ2) is 4.66. The van der Waals surface area contributed by atoms with Crippen LogP contribution >= 0.6 is 15.9 Å². The van der Waals surface area contributed by atoms with Gasteiger partial charge in [0.15, 0.2) is 0 Å². The van der Waals surface area contributed by atoms with Gasteiger partial charge in [-0.2, -0.15) is 0 Å². The lowest BCUT2D eigenvalue weighted by atomic mass is 10.0. The van der Waals surface area contributed by atoms with Crippen molar-refractivity contribution < 1.29 is 8.78 Å². The monoisotopic (exact) mass is 281 g/mol. The van der Waals surface area contributed by atoms with Crippen molar-refractivity contribution in [2.45, 2.75) is 42.9 Å². The molecule has 0 N–H and O–H groups in total. The third-order valence-corrected chi connectivity index (χ3v) is 4.45. The highest BCUT2D eigenvalue weighted by Gasteiger charge is 2.39. The molecule has 1 aliphatic heterocycles. The van der Waals surface area contributed by atoms with Crippen molar-refractivity contribution in [1.29, 1.82) is 0 Å². The van der Waals surface area contributed by atoms with E-state index in [1.54, 1.807) is 0 Å². The summed E-state index contributed by atoms with van der Waals surface area (Å²) in [5.41, 5.74) is 0. The van der Waals surface area contributed by atoms with Crippen LogP contribution in [0.25, 0.3) is 0 Å². The molecular weight excluding hydrogens is 264 g/mol.